The Bertz CT molecular complexity index is 607. The van der Waals surface area contributed by atoms with Gasteiger partial charge in [0.25, 0.3) is 0 Å². The number of hydrogen-bond acceptors (Lipinski definition) is 1. The molecule has 0 unspecified atom stereocenters. The molecule has 1 heteroatoms. The summed E-state index contributed by atoms with van der Waals surface area (Å²) in [5, 5.41) is 0. The van der Waals surface area contributed by atoms with Gasteiger partial charge in [0.1, 0.15) is 0 Å². The predicted molar refractivity (Wildman–Crippen MR) is 89.4 cm³/mol. The lowest BCUT2D eigenvalue weighted by molar-refractivity contribution is 0.276. The van der Waals surface area contributed by atoms with E-state index >= 15 is 0 Å². The highest BCUT2D eigenvalue weighted by Crippen LogP contribution is 2.42. The quantitative estimate of drug-likeness (QED) is 0.838. The molecule has 2 aromatic rings. The minimum Gasteiger partial charge on any atom is -0.321 e. The van der Waals surface area contributed by atoms with Crippen molar-refractivity contribution in [1.29, 1.82) is 0 Å². The van der Waals surface area contributed by atoms with Gasteiger partial charge in [-0.05, 0) is 62.1 Å². The summed E-state index contributed by atoms with van der Waals surface area (Å²) in [6.45, 7) is 4.34. The largest absolute Gasteiger partial charge is 0.321 e. The highest BCUT2D eigenvalue weighted by Gasteiger charge is 2.34. The van der Waals surface area contributed by atoms with Crippen molar-refractivity contribution < 1.29 is 0 Å². The molecule has 0 spiro atoms. The van der Waals surface area contributed by atoms with Crippen LogP contribution in [0.4, 0.5) is 0 Å². The molecule has 0 bridgehead atoms. The van der Waals surface area contributed by atoms with E-state index in [2.05, 4.69) is 62.4 Å². The molecule has 0 atom stereocenters. The minimum atomic E-state index is -0.136. The topological polar surface area (TPSA) is 26.0 Å². The second kappa shape index (κ2) is 5.65. The third kappa shape index (κ3) is 2.89. The van der Waals surface area contributed by atoms with Crippen molar-refractivity contribution in [3.63, 3.8) is 0 Å². The van der Waals surface area contributed by atoms with Gasteiger partial charge in [-0.3, -0.25) is 0 Å². The third-order valence-corrected chi connectivity index (χ3v) is 5.07. The molecule has 0 aliphatic heterocycles. The molecule has 0 amide bonds. The SMILES string of the molecule is Cc1ccc(C2(N)CCC(c3ccccc3)CC2)c(C)c1. The zero-order valence-electron chi connectivity index (χ0n) is 13.1. The summed E-state index contributed by atoms with van der Waals surface area (Å²) in [6, 6.07) is 17.6. The van der Waals surface area contributed by atoms with Gasteiger partial charge in [-0.1, -0.05) is 54.1 Å². The van der Waals surface area contributed by atoms with Gasteiger partial charge < -0.3 is 5.73 Å². The van der Waals surface area contributed by atoms with Crippen LogP contribution in [0.1, 0.15) is 53.9 Å². The van der Waals surface area contributed by atoms with Gasteiger partial charge in [0.05, 0.1) is 0 Å². The molecular formula is C20H25N. The van der Waals surface area contributed by atoms with Gasteiger partial charge in [0.15, 0.2) is 0 Å². The molecule has 1 aliphatic rings. The Morgan fingerprint density at radius 3 is 2.24 bits per heavy atom. The van der Waals surface area contributed by atoms with E-state index in [0.717, 1.165) is 12.8 Å². The average Bonchev–Trinajstić information content (AvgIpc) is 2.48. The lowest BCUT2D eigenvalue weighted by Gasteiger charge is -2.38. The van der Waals surface area contributed by atoms with Gasteiger partial charge >= 0.3 is 0 Å². The number of benzene rings is 2. The molecule has 1 saturated carbocycles. The Labute approximate surface area is 128 Å². The summed E-state index contributed by atoms with van der Waals surface area (Å²) >= 11 is 0. The van der Waals surface area contributed by atoms with E-state index in [1.807, 2.05) is 0 Å². The molecule has 3 rings (SSSR count). The van der Waals surface area contributed by atoms with Gasteiger partial charge in [-0.2, -0.15) is 0 Å². The predicted octanol–water partition coefficient (Wildman–Crippen LogP) is 4.82. The lowest BCUT2D eigenvalue weighted by Crippen LogP contribution is -2.40. The second-order valence-electron chi connectivity index (χ2n) is 6.66. The van der Waals surface area contributed by atoms with Gasteiger partial charge in [0.2, 0.25) is 0 Å². The first-order valence-corrected chi connectivity index (χ1v) is 8.00. The fourth-order valence-electron chi connectivity index (χ4n) is 3.83. The van der Waals surface area contributed by atoms with Crippen LogP contribution in [0.3, 0.4) is 0 Å². The monoisotopic (exact) mass is 279 g/mol. The molecule has 0 radical (unpaired) electrons. The van der Waals surface area contributed by atoms with Crippen LogP contribution in [0, 0.1) is 13.8 Å². The molecular weight excluding hydrogens is 254 g/mol. The van der Waals surface area contributed by atoms with E-state index in [0.29, 0.717) is 5.92 Å². The van der Waals surface area contributed by atoms with Crippen LogP contribution in [0.2, 0.25) is 0 Å². The maximum Gasteiger partial charge on any atom is 0.0412 e. The maximum absolute atomic E-state index is 6.77. The number of hydrogen-bond donors (Lipinski definition) is 1. The number of aryl methyl sites for hydroxylation is 2. The minimum absolute atomic E-state index is 0.136. The zero-order valence-corrected chi connectivity index (χ0v) is 13.1. The van der Waals surface area contributed by atoms with Crippen LogP contribution in [-0.2, 0) is 5.54 Å². The molecule has 21 heavy (non-hydrogen) atoms. The Morgan fingerprint density at radius 1 is 0.952 bits per heavy atom. The van der Waals surface area contributed by atoms with Crippen LogP contribution in [0.15, 0.2) is 48.5 Å². The molecule has 1 aliphatic carbocycles. The summed E-state index contributed by atoms with van der Waals surface area (Å²) in [7, 11) is 0. The molecule has 2 aromatic carbocycles. The average molecular weight is 279 g/mol. The van der Waals surface area contributed by atoms with Crippen molar-refractivity contribution in [2.24, 2.45) is 5.73 Å². The second-order valence-corrected chi connectivity index (χ2v) is 6.66. The van der Waals surface area contributed by atoms with E-state index in [9.17, 15) is 0 Å². The van der Waals surface area contributed by atoms with E-state index in [1.165, 1.54) is 35.1 Å². The first-order chi connectivity index (χ1) is 10.1. The molecule has 110 valence electrons. The van der Waals surface area contributed by atoms with Crippen molar-refractivity contribution in [2.75, 3.05) is 0 Å². The summed E-state index contributed by atoms with van der Waals surface area (Å²) in [5.41, 5.74) is 12.1. The molecule has 2 N–H and O–H groups in total. The van der Waals surface area contributed by atoms with Gasteiger partial charge in [-0.15, -0.1) is 0 Å². The molecule has 0 saturated heterocycles. The standard InChI is InChI=1S/C20H25N/c1-15-8-9-19(16(2)14-15)20(21)12-10-18(11-13-20)17-6-4-3-5-7-17/h3-9,14,18H,10-13,21H2,1-2H3. The van der Waals surface area contributed by atoms with Gasteiger partial charge in [-0.25, -0.2) is 0 Å². The molecule has 1 nitrogen and oxygen atoms in total. The zero-order chi connectivity index (χ0) is 14.9. The van der Waals surface area contributed by atoms with E-state index in [4.69, 9.17) is 5.73 Å². The summed E-state index contributed by atoms with van der Waals surface area (Å²) in [5.74, 6) is 0.675. The molecule has 0 heterocycles. The smallest absolute Gasteiger partial charge is 0.0412 e. The Hall–Kier alpha value is -1.60. The first-order valence-electron chi connectivity index (χ1n) is 8.00. The third-order valence-electron chi connectivity index (χ3n) is 5.07. The maximum atomic E-state index is 6.77. The van der Waals surface area contributed by atoms with Crippen LogP contribution in [-0.4, -0.2) is 0 Å². The highest BCUT2D eigenvalue weighted by molar-refractivity contribution is 5.36. The lowest BCUT2D eigenvalue weighted by atomic mass is 9.70. The van der Waals surface area contributed by atoms with Crippen molar-refractivity contribution in [1.82, 2.24) is 0 Å². The Morgan fingerprint density at radius 2 is 1.62 bits per heavy atom. The number of nitrogens with two attached hydrogens (primary N) is 1. The van der Waals surface area contributed by atoms with Crippen molar-refractivity contribution in [3.8, 4) is 0 Å². The van der Waals surface area contributed by atoms with E-state index in [-0.39, 0.29) is 5.54 Å². The van der Waals surface area contributed by atoms with E-state index in [1.54, 1.807) is 0 Å². The van der Waals surface area contributed by atoms with Crippen molar-refractivity contribution in [3.05, 3.63) is 70.8 Å². The van der Waals surface area contributed by atoms with Crippen LogP contribution < -0.4 is 5.73 Å². The van der Waals surface area contributed by atoms with Gasteiger partial charge in [0, 0.05) is 5.54 Å². The Kier molecular flexibility index (Phi) is 3.86. The van der Waals surface area contributed by atoms with Crippen LogP contribution >= 0.6 is 0 Å². The highest BCUT2D eigenvalue weighted by atomic mass is 14.7. The number of rotatable bonds is 2. The summed E-state index contributed by atoms with van der Waals surface area (Å²) in [4.78, 5) is 0. The molecule has 1 fully saturated rings. The first kappa shape index (κ1) is 14.3. The van der Waals surface area contributed by atoms with Crippen molar-refractivity contribution >= 4 is 0 Å². The summed E-state index contributed by atoms with van der Waals surface area (Å²) < 4.78 is 0. The van der Waals surface area contributed by atoms with Crippen LogP contribution in [0.25, 0.3) is 0 Å². The normalized spacial score (nSPS) is 25.8. The fourth-order valence-corrected chi connectivity index (χ4v) is 3.83. The fraction of sp³-hybridized carbons (Fsp3) is 0.400. The van der Waals surface area contributed by atoms with E-state index < -0.39 is 0 Å². The molecule has 0 aromatic heterocycles. The Balaban J connectivity index is 1.78. The van der Waals surface area contributed by atoms with Crippen LogP contribution in [0.5, 0.6) is 0 Å². The summed E-state index contributed by atoms with van der Waals surface area (Å²) in [6.07, 6.45) is 4.54. The van der Waals surface area contributed by atoms with Crippen molar-refractivity contribution in [2.45, 2.75) is 51.0 Å².